The van der Waals surface area contributed by atoms with Crippen molar-refractivity contribution in [3.05, 3.63) is 48.6 Å². The number of ketones is 1. The Balaban J connectivity index is 3.75. The molecule has 0 aliphatic rings. The highest BCUT2D eigenvalue weighted by molar-refractivity contribution is 5.90. The van der Waals surface area contributed by atoms with Crippen LogP contribution in [0.1, 0.15) is 123 Å². The second-order valence-corrected chi connectivity index (χ2v) is 9.91. The van der Waals surface area contributed by atoms with Gasteiger partial charge in [-0.3, -0.25) is 14.4 Å². The van der Waals surface area contributed by atoms with E-state index in [0.717, 1.165) is 38.5 Å². The van der Waals surface area contributed by atoms with Gasteiger partial charge in [-0.2, -0.15) is 0 Å². The van der Waals surface area contributed by atoms with Gasteiger partial charge in [0, 0.05) is 19.3 Å². The lowest BCUT2D eigenvalue weighted by molar-refractivity contribution is -0.152. The molecule has 1 atom stereocenters. The molecule has 0 aromatic rings. The van der Waals surface area contributed by atoms with Crippen LogP contribution in [0.15, 0.2) is 48.6 Å². The minimum atomic E-state index is -1.05. The first-order chi connectivity index (χ1) is 19.0. The highest BCUT2D eigenvalue weighted by Crippen LogP contribution is 2.09. The van der Waals surface area contributed by atoms with Crippen LogP contribution in [0.3, 0.4) is 0 Å². The van der Waals surface area contributed by atoms with Gasteiger partial charge in [-0.15, -0.1) is 0 Å². The van der Waals surface area contributed by atoms with Crippen LogP contribution in [-0.2, 0) is 23.9 Å². The summed E-state index contributed by atoms with van der Waals surface area (Å²) in [5, 5.41) is 9.87. The summed E-state index contributed by atoms with van der Waals surface area (Å²) < 4.78 is 10.1. The van der Waals surface area contributed by atoms with E-state index in [1.54, 1.807) is 6.08 Å². The Bertz CT molecular complexity index is 734. The lowest BCUT2D eigenvalue weighted by Gasteiger charge is -2.12. The Morgan fingerprint density at radius 3 is 1.82 bits per heavy atom. The molecule has 1 N–H and O–H groups in total. The Hall–Kier alpha value is -2.47. The number of aliphatic hydroxyl groups excluding tert-OH is 1. The Morgan fingerprint density at radius 2 is 1.15 bits per heavy atom. The molecule has 0 saturated carbocycles. The van der Waals surface area contributed by atoms with Gasteiger partial charge in [-0.1, -0.05) is 108 Å². The zero-order chi connectivity index (χ0) is 28.8. The number of aliphatic hydroxyl groups is 1. The summed E-state index contributed by atoms with van der Waals surface area (Å²) >= 11 is 0. The smallest absolute Gasteiger partial charge is 0.305 e. The summed E-state index contributed by atoms with van der Waals surface area (Å²) in [6, 6.07) is 0. The largest absolute Gasteiger partial charge is 0.463 e. The molecule has 0 rings (SSSR count). The quantitative estimate of drug-likeness (QED) is 0.0390. The minimum absolute atomic E-state index is 0.0518. The van der Waals surface area contributed by atoms with Crippen molar-refractivity contribution in [2.45, 2.75) is 129 Å². The first-order valence-electron chi connectivity index (χ1n) is 15.1. The molecular weight excluding hydrogens is 492 g/mol. The molecular formula is C33H54O6. The topological polar surface area (TPSA) is 89.9 Å². The molecule has 0 unspecified atom stereocenters. The lowest BCUT2D eigenvalue weighted by atomic mass is 10.1. The number of ether oxygens (including phenoxy) is 2. The Kier molecular flexibility index (Phi) is 26.7. The molecule has 0 fully saturated rings. The monoisotopic (exact) mass is 546 g/mol. The average molecular weight is 547 g/mol. The van der Waals surface area contributed by atoms with Crippen molar-refractivity contribution < 1.29 is 29.0 Å². The van der Waals surface area contributed by atoms with Gasteiger partial charge in [-0.25, -0.2) is 0 Å². The normalized spacial score (nSPS) is 12.7. The van der Waals surface area contributed by atoms with Crippen LogP contribution < -0.4 is 0 Å². The summed E-state index contributed by atoms with van der Waals surface area (Å²) in [4.78, 5) is 35.5. The van der Waals surface area contributed by atoms with Crippen molar-refractivity contribution in [3.8, 4) is 0 Å². The van der Waals surface area contributed by atoms with Gasteiger partial charge in [0.2, 0.25) is 0 Å². The third-order valence-electron chi connectivity index (χ3n) is 6.04. The standard InChI is InChI=1S/C33H54O6/c1-3-5-7-9-11-12-13-14-15-16-18-19-21-24-30(34)25-23-27-33(37)39-29-31(35)28-38-32(36)26-22-20-17-10-8-6-4-2/h11-12,14-15,18-19,21,24,31,35H,3-10,13,16-17,20,22-23,25-29H2,1-2H3/b12-11-,15-14-,19-18-,24-21+/t31-/m1/s1. The third kappa shape index (κ3) is 28.4. The maximum Gasteiger partial charge on any atom is 0.305 e. The van der Waals surface area contributed by atoms with E-state index in [0.29, 0.717) is 12.8 Å². The van der Waals surface area contributed by atoms with Crippen molar-refractivity contribution in [3.63, 3.8) is 0 Å². The number of hydrogen-bond donors (Lipinski definition) is 1. The van der Waals surface area contributed by atoms with E-state index in [1.165, 1.54) is 51.0 Å². The zero-order valence-corrected chi connectivity index (χ0v) is 24.6. The fraction of sp³-hybridized carbons (Fsp3) is 0.667. The van der Waals surface area contributed by atoms with Crippen molar-refractivity contribution in [1.29, 1.82) is 0 Å². The van der Waals surface area contributed by atoms with Crippen molar-refractivity contribution >= 4 is 17.7 Å². The number of hydrogen-bond acceptors (Lipinski definition) is 6. The molecule has 222 valence electrons. The second-order valence-electron chi connectivity index (χ2n) is 9.91. The summed E-state index contributed by atoms with van der Waals surface area (Å²) in [7, 11) is 0. The van der Waals surface area contributed by atoms with Gasteiger partial charge >= 0.3 is 11.9 Å². The van der Waals surface area contributed by atoms with E-state index in [1.807, 2.05) is 12.2 Å². The van der Waals surface area contributed by atoms with Gasteiger partial charge < -0.3 is 14.6 Å². The van der Waals surface area contributed by atoms with E-state index < -0.39 is 12.1 Å². The van der Waals surface area contributed by atoms with Crippen LogP contribution in [-0.4, -0.2) is 42.1 Å². The molecule has 0 radical (unpaired) electrons. The average Bonchev–Trinajstić information content (AvgIpc) is 2.92. The van der Waals surface area contributed by atoms with E-state index >= 15 is 0 Å². The Morgan fingerprint density at radius 1 is 0.615 bits per heavy atom. The minimum Gasteiger partial charge on any atom is -0.463 e. The fourth-order valence-corrected chi connectivity index (χ4v) is 3.68. The van der Waals surface area contributed by atoms with Crippen molar-refractivity contribution in [2.75, 3.05) is 13.2 Å². The van der Waals surface area contributed by atoms with E-state index in [9.17, 15) is 19.5 Å². The molecule has 0 aromatic carbocycles. The van der Waals surface area contributed by atoms with Gasteiger partial charge in [0.1, 0.15) is 19.3 Å². The predicted octanol–water partition coefficient (Wildman–Crippen LogP) is 7.90. The van der Waals surface area contributed by atoms with Crippen LogP contribution in [0.2, 0.25) is 0 Å². The Labute approximate surface area is 237 Å². The third-order valence-corrected chi connectivity index (χ3v) is 6.04. The van der Waals surface area contributed by atoms with E-state index in [-0.39, 0.29) is 37.8 Å². The number of esters is 2. The summed E-state index contributed by atoms with van der Waals surface area (Å²) in [5.41, 5.74) is 0. The molecule has 39 heavy (non-hydrogen) atoms. The van der Waals surface area contributed by atoms with Crippen LogP contribution in [0, 0.1) is 0 Å². The van der Waals surface area contributed by atoms with Gasteiger partial charge in [0.15, 0.2) is 5.78 Å². The molecule has 0 saturated heterocycles. The molecule has 0 aliphatic carbocycles. The van der Waals surface area contributed by atoms with Crippen molar-refractivity contribution in [1.82, 2.24) is 0 Å². The lowest BCUT2D eigenvalue weighted by Crippen LogP contribution is -2.25. The van der Waals surface area contributed by atoms with Crippen LogP contribution >= 0.6 is 0 Å². The number of allylic oxidation sites excluding steroid dienone is 8. The highest BCUT2D eigenvalue weighted by Gasteiger charge is 2.12. The molecule has 0 bridgehead atoms. The number of rotatable bonds is 26. The summed E-state index contributed by atoms with van der Waals surface area (Å²) in [6.45, 7) is 3.97. The van der Waals surface area contributed by atoms with Crippen molar-refractivity contribution in [2.24, 2.45) is 0 Å². The van der Waals surface area contributed by atoms with Gasteiger partial charge in [-0.05, 0) is 44.6 Å². The predicted molar refractivity (Wildman–Crippen MR) is 159 cm³/mol. The van der Waals surface area contributed by atoms with Crippen LogP contribution in [0.4, 0.5) is 0 Å². The van der Waals surface area contributed by atoms with Crippen LogP contribution in [0.25, 0.3) is 0 Å². The summed E-state index contributed by atoms with van der Waals surface area (Å²) in [5.74, 6) is -0.875. The maximum absolute atomic E-state index is 11.9. The van der Waals surface area contributed by atoms with Crippen LogP contribution in [0.5, 0.6) is 0 Å². The summed E-state index contributed by atoms with van der Waals surface area (Å²) in [6.07, 6.45) is 30.3. The molecule has 0 spiro atoms. The molecule has 0 heterocycles. The van der Waals surface area contributed by atoms with Gasteiger partial charge in [0.25, 0.3) is 0 Å². The van der Waals surface area contributed by atoms with E-state index in [4.69, 9.17) is 9.47 Å². The fourth-order valence-electron chi connectivity index (χ4n) is 3.68. The first kappa shape index (κ1) is 36.5. The highest BCUT2D eigenvalue weighted by atomic mass is 16.6. The number of carbonyl (C=O) groups is 3. The SMILES string of the molecule is CCCCC/C=C\C/C=C\C/C=C\C=C\C(=O)CCCC(=O)OC[C@H](O)COC(=O)CCCCCCCCC. The molecule has 6 nitrogen and oxygen atoms in total. The number of carbonyl (C=O) groups excluding carboxylic acids is 3. The molecule has 0 amide bonds. The van der Waals surface area contributed by atoms with E-state index in [2.05, 4.69) is 38.2 Å². The molecule has 6 heteroatoms. The second kappa shape index (κ2) is 28.5. The first-order valence-corrected chi connectivity index (χ1v) is 15.1. The molecule has 0 aromatic heterocycles. The number of unbranched alkanes of at least 4 members (excludes halogenated alkanes) is 9. The maximum atomic E-state index is 11.9. The van der Waals surface area contributed by atoms with Gasteiger partial charge in [0.05, 0.1) is 0 Å². The zero-order valence-electron chi connectivity index (χ0n) is 24.6. The molecule has 0 aliphatic heterocycles.